The minimum absolute atomic E-state index is 0.0806. The first kappa shape index (κ1) is 10.5. The van der Waals surface area contributed by atoms with Crippen LogP contribution in [0.15, 0.2) is 0 Å². The fourth-order valence-corrected chi connectivity index (χ4v) is 7.88. The third-order valence-corrected chi connectivity index (χ3v) is 7.67. The lowest BCUT2D eigenvalue weighted by Gasteiger charge is -2.30. The number of carbonyl (C=O) groups is 2. The van der Waals surface area contributed by atoms with Gasteiger partial charge in [0.25, 0.3) is 0 Å². The molecule has 16 heavy (non-hydrogen) atoms. The van der Waals surface area contributed by atoms with Gasteiger partial charge in [-0.15, -0.1) is 0 Å². The quantitative estimate of drug-likeness (QED) is 0.399. The molecule has 3 aliphatic rings. The predicted octanol–water partition coefficient (Wildman–Crippen LogP) is 2.05. The number of cyclic esters (lactones) is 2. The van der Waals surface area contributed by atoms with Crippen molar-refractivity contribution in [2.24, 2.45) is 23.7 Å². The summed E-state index contributed by atoms with van der Waals surface area (Å²) in [5, 5.41) is 0. The van der Waals surface area contributed by atoms with E-state index < -0.39 is 8.07 Å². The van der Waals surface area contributed by atoms with Crippen LogP contribution in [0.25, 0.3) is 0 Å². The van der Waals surface area contributed by atoms with Crippen LogP contribution in [0.2, 0.25) is 25.2 Å². The van der Waals surface area contributed by atoms with E-state index >= 15 is 0 Å². The van der Waals surface area contributed by atoms with Crippen LogP contribution in [0.4, 0.5) is 0 Å². The number of hydrogen-bond acceptors (Lipinski definition) is 3. The van der Waals surface area contributed by atoms with E-state index in [1.807, 2.05) is 0 Å². The molecule has 2 saturated carbocycles. The number of rotatable bonds is 1. The SMILES string of the molecule is C[Si](C)(C)C1[C@H]2CC[C@@H]1[C@@H]1C(=O)OC(=O)[C@@H]12. The Hall–Kier alpha value is -0.643. The van der Waals surface area contributed by atoms with Crippen molar-refractivity contribution >= 4 is 20.0 Å². The maximum Gasteiger partial charge on any atom is 0.317 e. The first-order chi connectivity index (χ1) is 7.41. The van der Waals surface area contributed by atoms with Crippen molar-refractivity contribution in [1.82, 2.24) is 0 Å². The standard InChI is InChI=1S/C12H18O3Si/c1-16(2,3)10-6-4-5-7(10)9-8(6)11(13)15-12(9)14/h6-10H,4-5H2,1-3H3/t6-,7+,8+,9-,10?. The van der Waals surface area contributed by atoms with E-state index in [0.29, 0.717) is 17.4 Å². The highest BCUT2D eigenvalue weighted by Gasteiger charge is 2.66. The molecule has 1 heterocycles. The predicted molar refractivity (Wildman–Crippen MR) is 61.4 cm³/mol. The van der Waals surface area contributed by atoms with Gasteiger partial charge >= 0.3 is 11.9 Å². The lowest BCUT2D eigenvalue weighted by Crippen LogP contribution is -2.33. The van der Waals surface area contributed by atoms with Crippen molar-refractivity contribution in [3.05, 3.63) is 0 Å². The van der Waals surface area contributed by atoms with E-state index in [-0.39, 0.29) is 23.8 Å². The van der Waals surface area contributed by atoms with Gasteiger partial charge in [0.05, 0.1) is 11.8 Å². The maximum atomic E-state index is 11.7. The summed E-state index contributed by atoms with van der Waals surface area (Å²) in [5.41, 5.74) is 0.652. The molecule has 2 bridgehead atoms. The van der Waals surface area contributed by atoms with Gasteiger partial charge in [-0.25, -0.2) is 0 Å². The van der Waals surface area contributed by atoms with Gasteiger partial charge in [0.1, 0.15) is 0 Å². The number of fused-ring (bicyclic) bond motifs is 5. The number of hydrogen-bond donors (Lipinski definition) is 0. The third-order valence-electron chi connectivity index (χ3n) is 4.81. The minimum atomic E-state index is -1.27. The fourth-order valence-electron chi connectivity index (χ4n) is 4.56. The third kappa shape index (κ3) is 1.14. The van der Waals surface area contributed by atoms with Crippen LogP contribution in [-0.2, 0) is 14.3 Å². The van der Waals surface area contributed by atoms with Crippen LogP contribution in [0.1, 0.15) is 12.8 Å². The molecular formula is C12H18O3Si. The molecule has 3 rings (SSSR count). The van der Waals surface area contributed by atoms with Crippen molar-refractivity contribution < 1.29 is 14.3 Å². The van der Waals surface area contributed by atoms with E-state index in [0.717, 1.165) is 12.8 Å². The molecule has 0 spiro atoms. The summed E-state index contributed by atoms with van der Waals surface area (Å²) in [7, 11) is -1.27. The zero-order valence-corrected chi connectivity index (χ0v) is 11.0. The van der Waals surface area contributed by atoms with Crippen molar-refractivity contribution in [1.29, 1.82) is 0 Å². The average Bonchev–Trinajstić information content (AvgIpc) is 2.75. The Labute approximate surface area is 96.6 Å². The molecule has 0 aromatic rings. The van der Waals surface area contributed by atoms with E-state index in [4.69, 9.17) is 4.74 Å². The average molecular weight is 238 g/mol. The van der Waals surface area contributed by atoms with Gasteiger partial charge in [-0.05, 0) is 30.2 Å². The second-order valence-corrected chi connectivity index (χ2v) is 12.0. The molecule has 0 radical (unpaired) electrons. The fraction of sp³-hybridized carbons (Fsp3) is 0.833. The molecule has 0 aromatic heterocycles. The first-order valence-electron chi connectivity index (χ1n) is 6.17. The van der Waals surface area contributed by atoms with Crippen molar-refractivity contribution in [2.45, 2.75) is 38.0 Å². The molecule has 2 aliphatic carbocycles. The molecule has 3 fully saturated rings. The van der Waals surface area contributed by atoms with Gasteiger partial charge in [-0.2, -0.15) is 0 Å². The van der Waals surface area contributed by atoms with Crippen LogP contribution in [-0.4, -0.2) is 20.0 Å². The summed E-state index contributed by atoms with van der Waals surface area (Å²) < 4.78 is 4.81. The van der Waals surface area contributed by atoms with Crippen LogP contribution in [0.3, 0.4) is 0 Å². The van der Waals surface area contributed by atoms with E-state index in [1.165, 1.54) is 0 Å². The van der Waals surface area contributed by atoms with Gasteiger partial charge in [-0.1, -0.05) is 19.6 Å². The second kappa shape index (κ2) is 2.97. The molecule has 0 aromatic carbocycles. The van der Waals surface area contributed by atoms with Gasteiger partial charge < -0.3 is 4.74 Å². The van der Waals surface area contributed by atoms with E-state index in [1.54, 1.807) is 0 Å². The van der Waals surface area contributed by atoms with Crippen LogP contribution in [0.5, 0.6) is 0 Å². The Morgan fingerprint density at radius 2 is 1.44 bits per heavy atom. The molecule has 1 unspecified atom stereocenters. The molecule has 4 heteroatoms. The summed E-state index contributed by atoms with van der Waals surface area (Å²) in [6.45, 7) is 7.08. The van der Waals surface area contributed by atoms with Gasteiger partial charge in [0.15, 0.2) is 0 Å². The molecule has 5 atom stereocenters. The highest BCUT2D eigenvalue weighted by Crippen LogP contribution is 2.64. The minimum Gasteiger partial charge on any atom is -0.393 e. The number of carbonyl (C=O) groups excluding carboxylic acids is 2. The monoisotopic (exact) mass is 238 g/mol. The Kier molecular flexibility index (Phi) is 1.95. The summed E-state index contributed by atoms with van der Waals surface area (Å²) in [4.78, 5) is 23.4. The first-order valence-corrected chi connectivity index (χ1v) is 9.74. The van der Waals surface area contributed by atoms with Crippen LogP contribution < -0.4 is 0 Å². The molecule has 3 nitrogen and oxygen atoms in total. The van der Waals surface area contributed by atoms with Crippen LogP contribution >= 0.6 is 0 Å². The number of ether oxygens (including phenoxy) is 1. The molecule has 1 saturated heterocycles. The summed E-state index contributed by atoms with van der Waals surface area (Å²) in [6, 6.07) is 0. The second-order valence-electron chi connectivity index (χ2n) is 6.59. The lowest BCUT2D eigenvalue weighted by atomic mass is 9.81. The Balaban J connectivity index is 2.00. The smallest absolute Gasteiger partial charge is 0.317 e. The Morgan fingerprint density at radius 1 is 1.00 bits per heavy atom. The molecular weight excluding hydrogens is 220 g/mol. The van der Waals surface area contributed by atoms with Crippen molar-refractivity contribution in [3.63, 3.8) is 0 Å². The van der Waals surface area contributed by atoms with Gasteiger partial charge in [0, 0.05) is 8.07 Å². The molecule has 0 N–H and O–H groups in total. The highest BCUT2D eigenvalue weighted by atomic mass is 28.3. The van der Waals surface area contributed by atoms with Crippen LogP contribution in [0, 0.1) is 23.7 Å². The zero-order valence-electron chi connectivity index (χ0n) is 10.0. The largest absolute Gasteiger partial charge is 0.393 e. The zero-order chi connectivity index (χ0) is 11.7. The number of esters is 2. The van der Waals surface area contributed by atoms with Crippen molar-refractivity contribution in [2.75, 3.05) is 0 Å². The Bertz CT molecular complexity index is 343. The van der Waals surface area contributed by atoms with E-state index in [2.05, 4.69) is 19.6 Å². The Morgan fingerprint density at radius 3 is 1.81 bits per heavy atom. The van der Waals surface area contributed by atoms with Gasteiger partial charge in [-0.3, -0.25) is 9.59 Å². The molecule has 88 valence electrons. The normalized spacial score (nSPS) is 46.1. The lowest BCUT2D eigenvalue weighted by molar-refractivity contribution is -0.154. The highest BCUT2D eigenvalue weighted by molar-refractivity contribution is 6.77. The topological polar surface area (TPSA) is 43.4 Å². The molecule has 0 amide bonds. The van der Waals surface area contributed by atoms with Gasteiger partial charge in [0.2, 0.25) is 0 Å². The van der Waals surface area contributed by atoms with Crippen molar-refractivity contribution in [3.8, 4) is 0 Å². The summed E-state index contributed by atoms with van der Waals surface area (Å²) in [6.07, 6.45) is 2.26. The summed E-state index contributed by atoms with van der Waals surface area (Å²) in [5.74, 6) is 0.267. The summed E-state index contributed by atoms with van der Waals surface area (Å²) >= 11 is 0. The maximum absolute atomic E-state index is 11.7. The van der Waals surface area contributed by atoms with E-state index in [9.17, 15) is 9.59 Å². The molecule has 1 aliphatic heterocycles.